The molecule has 0 radical (unpaired) electrons. The van der Waals surface area contributed by atoms with Gasteiger partial charge in [-0.25, -0.2) is 4.98 Å². The van der Waals surface area contributed by atoms with Gasteiger partial charge in [0.15, 0.2) is 0 Å². The highest BCUT2D eigenvalue weighted by Gasteiger charge is 2.38. The molecule has 1 unspecified atom stereocenters. The van der Waals surface area contributed by atoms with Crippen LogP contribution in [-0.2, 0) is 4.79 Å². The summed E-state index contributed by atoms with van der Waals surface area (Å²) in [6, 6.07) is 3.96. The lowest BCUT2D eigenvalue weighted by molar-refractivity contribution is -0.148. The Morgan fingerprint density at radius 1 is 1.63 bits per heavy atom. The van der Waals surface area contributed by atoms with Crippen LogP contribution in [0.4, 0.5) is 5.82 Å². The van der Waals surface area contributed by atoms with Gasteiger partial charge in [-0.2, -0.15) is 5.26 Å². The van der Waals surface area contributed by atoms with Crippen LogP contribution in [0.1, 0.15) is 30.9 Å². The Hall–Kier alpha value is -2.09. The Morgan fingerprint density at radius 2 is 2.37 bits per heavy atom. The summed E-state index contributed by atoms with van der Waals surface area (Å²) >= 11 is 0. The first-order chi connectivity index (χ1) is 8.98. The second kappa shape index (κ2) is 4.88. The fourth-order valence-corrected chi connectivity index (χ4v) is 2.52. The molecule has 2 rings (SSSR count). The molecule has 1 saturated heterocycles. The van der Waals surface area contributed by atoms with Gasteiger partial charge in [-0.3, -0.25) is 4.79 Å². The first kappa shape index (κ1) is 13.3. The van der Waals surface area contributed by atoms with Crippen LogP contribution < -0.4 is 4.90 Å². The molecule has 19 heavy (non-hydrogen) atoms. The van der Waals surface area contributed by atoms with E-state index < -0.39 is 11.4 Å². The Bertz CT molecular complexity index is 550. The van der Waals surface area contributed by atoms with Gasteiger partial charge in [-0.15, -0.1) is 0 Å². The molecule has 100 valence electrons. The summed E-state index contributed by atoms with van der Waals surface area (Å²) < 4.78 is 0. The van der Waals surface area contributed by atoms with E-state index in [1.54, 1.807) is 19.2 Å². The van der Waals surface area contributed by atoms with Crippen molar-refractivity contribution in [2.45, 2.75) is 26.7 Å². The average molecular weight is 259 g/mol. The predicted octanol–water partition coefficient (Wildman–Crippen LogP) is 1.95. The standard InChI is InChI=1S/C14H17N3O2/c1-10-4-6-16-12(11(10)8-15)17-7-3-5-14(2,9-17)13(18)19/h4,6H,3,5,7,9H2,1-2H3,(H,18,19). The topological polar surface area (TPSA) is 77.2 Å². The van der Waals surface area contributed by atoms with E-state index in [0.717, 1.165) is 18.5 Å². The van der Waals surface area contributed by atoms with Gasteiger partial charge < -0.3 is 10.0 Å². The summed E-state index contributed by atoms with van der Waals surface area (Å²) in [7, 11) is 0. The van der Waals surface area contributed by atoms with E-state index >= 15 is 0 Å². The molecule has 0 spiro atoms. The number of nitriles is 1. The lowest BCUT2D eigenvalue weighted by atomic mass is 9.82. The monoisotopic (exact) mass is 259 g/mol. The van der Waals surface area contributed by atoms with Gasteiger partial charge in [-0.1, -0.05) is 0 Å². The smallest absolute Gasteiger partial charge is 0.311 e. The Balaban J connectivity index is 2.36. The molecule has 1 aromatic rings. The number of rotatable bonds is 2. The van der Waals surface area contributed by atoms with Gasteiger partial charge in [-0.05, 0) is 38.3 Å². The maximum Gasteiger partial charge on any atom is 0.311 e. The normalized spacial score (nSPS) is 22.9. The highest BCUT2D eigenvalue weighted by Crippen LogP contribution is 2.33. The SMILES string of the molecule is Cc1ccnc(N2CCCC(C)(C(=O)O)C2)c1C#N. The zero-order valence-corrected chi connectivity index (χ0v) is 11.2. The molecule has 5 nitrogen and oxygen atoms in total. The van der Waals surface area contributed by atoms with E-state index in [2.05, 4.69) is 11.1 Å². The van der Waals surface area contributed by atoms with Crippen LogP contribution >= 0.6 is 0 Å². The van der Waals surface area contributed by atoms with Crippen LogP contribution in [0.2, 0.25) is 0 Å². The fourth-order valence-electron chi connectivity index (χ4n) is 2.52. The first-order valence-electron chi connectivity index (χ1n) is 6.32. The summed E-state index contributed by atoms with van der Waals surface area (Å²) in [6.45, 7) is 4.76. The van der Waals surface area contributed by atoms with Crippen molar-refractivity contribution in [1.29, 1.82) is 5.26 Å². The van der Waals surface area contributed by atoms with Crippen molar-refractivity contribution in [1.82, 2.24) is 4.98 Å². The maximum absolute atomic E-state index is 11.4. The van der Waals surface area contributed by atoms with Crippen LogP contribution in [-0.4, -0.2) is 29.1 Å². The van der Waals surface area contributed by atoms with Crippen molar-refractivity contribution in [2.24, 2.45) is 5.41 Å². The minimum absolute atomic E-state index is 0.396. The maximum atomic E-state index is 11.4. The van der Waals surface area contributed by atoms with Crippen molar-refractivity contribution in [2.75, 3.05) is 18.0 Å². The van der Waals surface area contributed by atoms with Crippen LogP contribution in [0.15, 0.2) is 12.3 Å². The number of aryl methyl sites for hydroxylation is 1. The van der Waals surface area contributed by atoms with E-state index in [9.17, 15) is 15.2 Å². The number of aromatic nitrogens is 1. The zero-order chi connectivity index (χ0) is 14.0. The molecule has 2 heterocycles. The number of carboxylic acids is 1. The largest absolute Gasteiger partial charge is 0.481 e. The van der Waals surface area contributed by atoms with Gasteiger partial charge in [0.2, 0.25) is 0 Å². The number of nitrogens with zero attached hydrogens (tertiary/aromatic N) is 3. The van der Waals surface area contributed by atoms with Crippen molar-refractivity contribution in [3.8, 4) is 6.07 Å². The van der Waals surface area contributed by atoms with Crippen molar-refractivity contribution >= 4 is 11.8 Å². The third kappa shape index (κ3) is 2.39. The Morgan fingerprint density at radius 3 is 3.00 bits per heavy atom. The van der Waals surface area contributed by atoms with Crippen molar-refractivity contribution in [3.05, 3.63) is 23.4 Å². The van der Waals surface area contributed by atoms with Crippen LogP contribution in [0.3, 0.4) is 0 Å². The lowest BCUT2D eigenvalue weighted by Crippen LogP contribution is -2.46. The summed E-state index contributed by atoms with van der Waals surface area (Å²) in [4.78, 5) is 17.6. The molecule has 1 N–H and O–H groups in total. The summed E-state index contributed by atoms with van der Waals surface area (Å²) in [5, 5.41) is 18.6. The van der Waals surface area contributed by atoms with Crippen molar-refractivity contribution in [3.63, 3.8) is 0 Å². The summed E-state index contributed by atoms with van der Waals surface area (Å²) in [5.74, 6) is -0.182. The van der Waals surface area contributed by atoms with Crippen LogP contribution in [0, 0.1) is 23.7 Å². The molecule has 1 fully saturated rings. The number of carboxylic acid groups (broad SMARTS) is 1. The minimum Gasteiger partial charge on any atom is -0.481 e. The molecule has 0 aromatic carbocycles. The molecule has 1 aliphatic heterocycles. The fraction of sp³-hybridized carbons (Fsp3) is 0.500. The van der Waals surface area contributed by atoms with Crippen LogP contribution in [0.25, 0.3) is 0 Å². The number of hydrogen-bond acceptors (Lipinski definition) is 4. The number of carbonyl (C=O) groups is 1. The summed E-state index contributed by atoms with van der Waals surface area (Å²) in [5.41, 5.74) is 0.642. The number of aliphatic carboxylic acids is 1. The van der Waals surface area contributed by atoms with Crippen molar-refractivity contribution < 1.29 is 9.90 Å². The number of anilines is 1. The first-order valence-corrected chi connectivity index (χ1v) is 6.32. The van der Waals surface area contributed by atoms with Gasteiger partial charge in [0.1, 0.15) is 11.9 Å². The van der Waals surface area contributed by atoms with E-state index in [1.165, 1.54) is 0 Å². The number of pyridine rings is 1. The molecule has 1 atom stereocenters. The molecular formula is C14H17N3O2. The molecule has 5 heteroatoms. The average Bonchev–Trinajstić information content (AvgIpc) is 2.38. The van der Waals surface area contributed by atoms with E-state index in [0.29, 0.717) is 24.3 Å². The van der Waals surface area contributed by atoms with Gasteiger partial charge in [0.05, 0.1) is 11.0 Å². The van der Waals surface area contributed by atoms with Gasteiger partial charge in [0.25, 0.3) is 0 Å². The van der Waals surface area contributed by atoms with Gasteiger partial charge >= 0.3 is 5.97 Å². The molecule has 1 aromatic heterocycles. The quantitative estimate of drug-likeness (QED) is 0.878. The highest BCUT2D eigenvalue weighted by molar-refractivity contribution is 5.75. The predicted molar refractivity (Wildman–Crippen MR) is 70.9 cm³/mol. The van der Waals surface area contributed by atoms with Gasteiger partial charge in [0, 0.05) is 19.3 Å². The second-order valence-electron chi connectivity index (χ2n) is 5.33. The summed E-state index contributed by atoms with van der Waals surface area (Å²) in [6.07, 6.45) is 3.12. The number of hydrogen-bond donors (Lipinski definition) is 1. The Kier molecular flexibility index (Phi) is 3.43. The third-order valence-corrected chi connectivity index (χ3v) is 3.76. The highest BCUT2D eigenvalue weighted by atomic mass is 16.4. The molecule has 0 amide bonds. The minimum atomic E-state index is -0.789. The lowest BCUT2D eigenvalue weighted by Gasteiger charge is -2.38. The molecular weight excluding hydrogens is 242 g/mol. The molecule has 1 aliphatic rings. The van der Waals surface area contributed by atoms with Crippen LogP contribution in [0.5, 0.6) is 0 Å². The van der Waals surface area contributed by atoms with E-state index in [-0.39, 0.29) is 0 Å². The Labute approximate surface area is 112 Å². The second-order valence-corrected chi connectivity index (χ2v) is 5.33. The molecule has 0 aliphatic carbocycles. The van der Waals surface area contributed by atoms with E-state index in [4.69, 9.17) is 0 Å². The van der Waals surface area contributed by atoms with E-state index in [1.807, 2.05) is 11.8 Å². The number of piperidine rings is 1. The zero-order valence-electron chi connectivity index (χ0n) is 11.2. The molecule has 0 bridgehead atoms. The third-order valence-electron chi connectivity index (χ3n) is 3.76. The molecule has 0 saturated carbocycles.